The molecule has 3 aromatic heterocycles. The van der Waals surface area contributed by atoms with E-state index in [-0.39, 0.29) is 18.0 Å². The number of fused-ring (bicyclic) bond motifs is 1. The molecule has 1 aromatic carbocycles. The molecule has 4 aromatic rings. The van der Waals surface area contributed by atoms with Crippen molar-refractivity contribution < 1.29 is 9.21 Å². The minimum Gasteiger partial charge on any atom is -0.449 e. The highest BCUT2D eigenvalue weighted by Gasteiger charge is 2.14. The lowest BCUT2D eigenvalue weighted by Crippen LogP contribution is -2.25. The predicted octanol–water partition coefficient (Wildman–Crippen LogP) is 2.98. The van der Waals surface area contributed by atoms with E-state index in [0.29, 0.717) is 40.3 Å². The van der Waals surface area contributed by atoms with E-state index in [2.05, 4.69) is 15.3 Å². The van der Waals surface area contributed by atoms with Crippen molar-refractivity contribution in [2.75, 3.05) is 0 Å². The molecule has 0 saturated carbocycles. The number of hydrogen-bond acceptors (Lipinski definition) is 5. The van der Waals surface area contributed by atoms with Gasteiger partial charge in [-0.05, 0) is 24.6 Å². The molecule has 0 bridgehead atoms. The van der Waals surface area contributed by atoms with Crippen LogP contribution in [0.3, 0.4) is 0 Å². The number of hydrogen-bond donors (Lipinski definition) is 1. The number of amides is 1. The minimum absolute atomic E-state index is 0.181. The largest absolute Gasteiger partial charge is 0.449 e. The number of nitrogens with zero attached hydrogens (tertiary/aromatic N) is 3. The van der Waals surface area contributed by atoms with Crippen molar-refractivity contribution in [1.29, 1.82) is 0 Å². The van der Waals surface area contributed by atoms with E-state index >= 15 is 0 Å². The molecule has 0 aliphatic heterocycles. The first-order valence-electron chi connectivity index (χ1n) is 9.25. The fourth-order valence-corrected chi connectivity index (χ4v) is 3.20. The molecule has 0 spiro atoms. The molecule has 7 nitrogen and oxygen atoms in total. The van der Waals surface area contributed by atoms with Gasteiger partial charge >= 0.3 is 0 Å². The van der Waals surface area contributed by atoms with Crippen LogP contribution in [0.2, 0.25) is 0 Å². The molecule has 4 rings (SSSR count). The van der Waals surface area contributed by atoms with Crippen LogP contribution in [0.15, 0.2) is 64.1 Å². The van der Waals surface area contributed by atoms with Gasteiger partial charge in [-0.15, -0.1) is 0 Å². The van der Waals surface area contributed by atoms with Gasteiger partial charge in [0, 0.05) is 13.1 Å². The number of pyridine rings is 2. The van der Waals surface area contributed by atoms with Gasteiger partial charge in [-0.2, -0.15) is 0 Å². The van der Waals surface area contributed by atoms with Crippen LogP contribution in [-0.4, -0.2) is 20.4 Å². The topological polar surface area (TPSA) is 90.0 Å². The Balaban J connectivity index is 1.64. The highest BCUT2D eigenvalue weighted by molar-refractivity contribution is 5.98. The zero-order valence-electron chi connectivity index (χ0n) is 16.2. The molecule has 1 amide bonds. The Morgan fingerprint density at radius 2 is 1.93 bits per heavy atom. The number of rotatable bonds is 5. The molecule has 0 aliphatic rings. The molecule has 1 N–H and O–H groups in total. The number of nitrogens with one attached hydrogen (secondary N) is 1. The highest BCUT2D eigenvalue weighted by Crippen LogP contribution is 2.14. The lowest BCUT2D eigenvalue weighted by Gasteiger charge is -2.10. The molecular formula is C22H20N4O3. The first-order valence-corrected chi connectivity index (χ1v) is 9.25. The molecule has 29 heavy (non-hydrogen) atoms. The summed E-state index contributed by atoms with van der Waals surface area (Å²) >= 11 is 0. The molecule has 3 heterocycles. The van der Waals surface area contributed by atoms with Gasteiger partial charge in [-0.25, -0.2) is 4.98 Å². The summed E-state index contributed by atoms with van der Waals surface area (Å²) in [6.45, 7) is 4.19. The van der Waals surface area contributed by atoms with E-state index in [1.807, 2.05) is 30.3 Å². The molecule has 0 fully saturated rings. The normalized spacial score (nSPS) is 11.0. The van der Waals surface area contributed by atoms with Gasteiger partial charge in [0.05, 0.1) is 40.9 Å². The molecule has 0 atom stereocenters. The van der Waals surface area contributed by atoms with Crippen LogP contribution < -0.4 is 10.9 Å². The van der Waals surface area contributed by atoms with Gasteiger partial charge in [0.2, 0.25) is 0 Å². The fourth-order valence-electron chi connectivity index (χ4n) is 3.20. The third-order valence-corrected chi connectivity index (χ3v) is 4.68. The van der Waals surface area contributed by atoms with Crippen LogP contribution in [-0.2, 0) is 13.1 Å². The molecule has 0 radical (unpaired) electrons. The Bertz CT molecular complexity index is 1240. The number of aryl methyl sites for hydroxylation is 2. The van der Waals surface area contributed by atoms with Crippen LogP contribution in [0.4, 0.5) is 0 Å². The molecule has 0 saturated heterocycles. The van der Waals surface area contributed by atoms with E-state index in [1.54, 1.807) is 36.7 Å². The summed E-state index contributed by atoms with van der Waals surface area (Å²) in [6.07, 6.45) is 3.24. The van der Waals surface area contributed by atoms with Gasteiger partial charge in [0.1, 0.15) is 6.26 Å². The standard InChI is InChI=1S/C22H20N4O3/c1-14-18(21(27)23-11-17-13-29-15(2)25-17)10-19-20(24-14)8-9-26(22(19)28)12-16-6-4-3-5-7-16/h3-10,13H,11-12H2,1-2H3,(H,23,27). The average Bonchev–Trinajstić information content (AvgIpc) is 3.14. The van der Waals surface area contributed by atoms with E-state index in [9.17, 15) is 9.59 Å². The number of carbonyl (C=O) groups is 1. The minimum atomic E-state index is -0.310. The van der Waals surface area contributed by atoms with Gasteiger partial charge in [-0.1, -0.05) is 30.3 Å². The monoisotopic (exact) mass is 388 g/mol. The van der Waals surface area contributed by atoms with E-state index in [0.717, 1.165) is 5.56 Å². The average molecular weight is 388 g/mol. The summed E-state index contributed by atoms with van der Waals surface area (Å²) < 4.78 is 6.76. The maximum Gasteiger partial charge on any atom is 0.260 e. The van der Waals surface area contributed by atoms with Gasteiger partial charge < -0.3 is 14.3 Å². The second kappa shape index (κ2) is 7.71. The number of oxazole rings is 1. The van der Waals surface area contributed by atoms with E-state index in [4.69, 9.17) is 4.42 Å². The van der Waals surface area contributed by atoms with Gasteiger partial charge in [0.15, 0.2) is 5.89 Å². The molecule has 0 aliphatic carbocycles. The third kappa shape index (κ3) is 3.94. The lowest BCUT2D eigenvalue weighted by molar-refractivity contribution is 0.0949. The molecule has 0 unspecified atom stereocenters. The second-order valence-corrected chi connectivity index (χ2v) is 6.83. The fraction of sp³-hybridized carbons (Fsp3) is 0.182. The summed E-state index contributed by atoms with van der Waals surface area (Å²) in [5, 5.41) is 3.21. The first kappa shape index (κ1) is 18.6. The van der Waals surface area contributed by atoms with Crippen molar-refractivity contribution in [1.82, 2.24) is 19.9 Å². The van der Waals surface area contributed by atoms with Crippen LogP contribution in [0.25, 0.3) is 10.9 Å². The Morgan fingerprint density at radius 1 is 1.14 bits per heavy atom. The van der Waals surface area contributed by atoms with Crippen LogP contribution in [0, 0.1) is 13.8 Å². The van der Waals surface area contributed by atoms with Crippen molar-refractivity contribution in [3.63, 3.8) is 0 Å². The van der Waals surface area contributed by atoms with E-state index in [1.165, 1.54) is 6.26 Å². The lowest BCUT2D eigenvalue weighted by atomic mass is 10.1. The van der Waals surface area contributed by atoms with Crippen molar-refractivity contribution >= 4 is 16.8 Å². The van der Waals surface area contributed by atoms with Crippen LogP contribution >= 0.6 is 0 Å². The molecule has 146 valence electrons. The van der Waals surface area contributed by atoms with Crippen molar-refractivity contribution in [2.24, 2.45) is 0 Å². The molecule has 7 heteroatoms. The zero-order valence-corrected chi connectivity index (χ0v) is 16.2. The van der Waals surface area contributed by atoms with Crippen molar-refractivity contribution in [3.05, 3.63) is 93.7 Å². The van der Waals surface area contributed by atoms with Gasteiger partial charge in [-0.3, -0.25) is 14.6 Å². The Kier molecular flexibility index (Phi) is 4.95. The zero-order chi connectivity index (χ0) is 20.4. The summed E-state index contributed by atoms with van der Waals surface area (Å²) in [5.74, 6) is 0.229. The number of carbonyl (C=O) groups excluding carboxylic acids is 1. The Morgan fingerprint density at radius 3 is 2.66 bits per heavy atom. The highest BCUT2D eigenvalue weighted by atomic mass is 16.3. The van der Waals surface area contributed by atoms with E-state index < -0.39 is 0 Å². The summed E-state index contributed by atoms with van der Waals surface area (Å²) in [6, 6.07) is 13.2. The van der Waals surface area contributed by atoms with Crippen LogP contribution in [0.1, 0.15) is 33.2 Å². The Hall–Kier alpha value is -3.74. The third-order valence-electron chi connectivity index (χ3n) is 4.68. The predicted molar refractivity (Wildman–Crippen MR) is 109 cm³/mol. The maximum absolute atomic E-state index is 13.0. The summed E-state index contributed by atoms with van der Waals surface area (Å²) in [5.41, 5.74) is 2.97. The smallest absolute Gasteiger partial charge is 0.260 e. The first-order chi connectivity index (χ1) is 14.0. The maximum atomic E-state index is 13.0. The van der Waals surface area contributed by atoms with Crippen molar-refractivity contribution in [2.45, 2.75) is 26.9 Å². The van der Waals surface area contributed by atoms with Gasteiger partial charge in [0.25, 0.3) is 11.5 Å². The second-order valence-electron chi connectivity index (χ2n) is 6.83. The summed E-state index contributed by atoms with van der Waals surface area (Å²) in [4.78, 5) is 34.2. The molecular weight excluding hydrogens is 368 g/mol. The van der Waals surface area contributed by atoms with Crippen molar-refractivity contribution in [3.8, 4) is 0 Å². The Labute approximate surface area is 167 Å². The summed E-state index contributed by atoms with van der Waals surface area (Å²) in [7, 11) is 0. The number of benzene rings is 1. The SMILES string of the molecule is Cc1nc(CNC(=O)c2cc3c(=O)n(Cc4ccccc4)ccc3nc2C)co1. The quantitative estimate of drug-likeness (QED) is 0.568. The number of aromatic nitrogens is 3. The van der Waals surface area contributed by atoms with Crippen LogP contribution in [0.5, 0.6) is 0 Å².